The molecular weight excluding hydrogens is 404 g/mol. The van der Waals surface area contributed by atoms with Gasteiger partial charge in [-0.1, -0.05) is 12.5 Å². The molecule has 32 heavy (non-hydrogen) atoms. The predicted molar refractivity (Wildman–Crippen MR) is 128 cm³/mol. The minimum absolute atomic E-state index is 0.147. The fraction of sp³-hybridized carbons (Fsp3) is 0.640. The molecule has 1 fully saturated rings. The number of carbonyl (C=O) groups excluding carboxylic acids is 2. The summed E-state index contributed by atoms with van der Waals surface area (Å²) in [5.41, 5.74) is 2.44. The van der Waals surface area contributed by atoms with Gasteiger partial charge < -0.3 is 19.5 Å². The van der Waals surface area contributed by atoms with Crippen LogP contribution in [0.5, 0.6) is 0 Å². The molecule has 1 aromatic carbocycles. The van der Waals surface area contributed by atoms with Crippen LogP contribution in [0.3, 0.4) is 0 Å². The van der Waals surface area contributed by atoms with Crippen LogP contribution in [0.4, 0.5) is 5.95 Å². The van der Waals surface area contributed by atoms with Gasteiger partial charge in [-0.25, -0.2) is 4.98 Å². The van der Waals surface area contributed by atoms with Gasteiger partial charge in [-0.05, 0) is 83.8 Å². The maximum Gasteiger partial charge on any atom is 0.305 e. The second kappa shape index (κ2) is 10.9. The molecule has 0 amide bonds. The summed E-state index contributed by atoms with van der Waals surface area (Å²) in [5, 5.41) is 3.42. The second-order valence-electron chi connectivity index (χ2n) is 9.33. The number of imidazole rings is 1. The molecule has 3 rings (SSSR count). The fourth-order valence-electron chi connectivity index (χ4n) is 4.25. The number of hydrogen-bond donors (Lipinski definition) is 1. The summed E-state index contributed by atoms with van der Waals surface area (Å²) in [6.07, 6.45) is 6.05. The van der Waals surface area contributed by atoms with Gasteiger partial charge >= 0.3 is 5.97 Å². The van der Waals surface area contributed by atoms with E-state index in [1.165, 1.54) is 39.5 Å². The Hall–Kier alpha value is -2.41. The minimum atomic E-state index is -0.537. The highest BCUT2D eigenvalue weighted by Crippen LogP contribution is 2.29. The average Bonchev–Trinajstić information content (AvgIpc) is 3.13. The van der Waals surface area contributed by atoms with Crippen LogP contribution >= 0.6 is 0 Å². The zero-order valence-corrected chi connectivity index (χ0v) is 20.1. The molecule has 0 spiro atoms. The first-order valence-electron chi connectivity index (χ1n) is 11.9. The maximum atomic E-state index is 12.2. The van der Waals surface area contributed by atoms with Crippen LogP contribution in [0.25, 0.3) is 11.0 Å². The van der Waals surface area contributed by atoms with E-state index < -0.39 is 5.41 Å². The molecule has 0 bridgehead atoms. The van der Waals surface area contributed by atoms with Crippen molar-refractivity contribution >= 4 is 28.7 Å². The van der Waals surface area contributed by atoms with Crippen molar-refractivity contribution in [1.29, 1.82) is 0 Å². The third-order valence-corrected chi connectivity index (χ3v) is 6.72. The lowest BCUT2D eigenvalue weighted by Gasteiger charge is -2.26. The molecule has 0 unspecified atom stereocenters. The van der Waals surface area contributed by atoms with Gasteiger partial charge in [-0.15, -0.1) is 0 Å². The molecule has 1 saturated heterocycles. The number of hydrogen-bond acceptors (Lipinski definition) is 6. The number of fused-ring (bicyclic) bond motifs is 1. The Morgan fingerprint density at radius 2 is 1.88 bits per heavy atom. The molecule has 0 saturated carbocycles. The SMILES string of the molecule is COC(=O)CCCNc1nc2ccc(C(C)(C)C(C)=O)cc2n1CCCN1CCCCC1. The number of piperidine rings is 1. The lowest BCUT2D eigenvalue weighted by molar-refractivity contribution is -0.140. The number of likely N-dealkylation sites (tertiary alicyclic amines) is 1. The predicted octanol–water partition coefficient (Wildman–Crippen LogP) is 4.14. The van der Waals surface area contributed by atoms with E-state index in [0.717, 1.165) is 42.1 Å². The second-order valence-corrected chi connectivity index (χ2v) is 9.33. The third kappa shape index (κ3) is 5.88. The van der Waals surface area contributed by atoms with Crippen molar-refractivity contribution in [2.24, 2.45) is 0 Å². The summed E-state index contributed by atoms with van der Waals surface area (Å²) in [6.45, 7) is 10.6. The number of Topliss-reactive ketones (excluding diaryl/α,β-unsaturated/α-hetero) is 1. The fourth-order valence-corrected chi connectivity index (χ4v) is 4.25. The molecule has 1 N–H and O–H groups in total. The summed E-state index contributed by atoms with van der Waals surface area (Å²) in [7, 11) is 1.41. The number of carbonyl (C=O) groups is 2. The van der Waals surface area contributed by atoms with Crippen LogP contribution in [-0.2, 0) is 26.3 Å². The van der Waals surface area contributed by atoms with Crippen LogP contribution in [-0.4, -0.2) is 59.5 Å². The zero-order valence-electron chi connectivity index (χ0n) is 20.1. The molecule has 0 radical (unpaired) electrons. The lowest BCUT2D eigenvalue weighted by atomic mass is 9.81. The Morgan fingerprint density at radius 3 is 2.56 bits per heavy atom. The van der Waals surface area contributed by atoms with Gasteiger partial charge in [0, 0.05) is 24.9 Å². The van der Waals surface area contributed by atoms with Gasteiger partial charge in [0.15, 0.2) is 0 Å². The van der Waals surface area contributed by atoms with E-state index in [9.17, 15) is 9.59 Å². The van der Waals surface area contributed by atoms with E-state index in [2.05, 4.69) is 20.9 Å². The molecule has 2 aromatic rings. The monoisotopic (exact) mass is 442 g/mol. The van der Waals surface area contributed by atoms with Crippen LogP contribution in [0.2, 0.25) is 0 Å². The number of ketones is 1. The number of methoxy groups -OCH3 is 1. The Bertz CT molecular complexity index is 929. The van der Waals surface area contributed by atoms with E-state index in [-0.39, 0.29) is 11.8 Å². The number of ether oxygens (including phenoxy) is 1. The number of aromatic nitrogens is 2. The first kappa shape index (κ1) is 24.2. The Labute approximate surface area is 191 Å². The van der Waals surface area contributed by atoms with Crippen molar-refractivity contribution < 1.29 is 14.3 Å². The van der Waals surface area contributed by atoms with Crippen molar-refractivity contribution in [2.45, 2.75) is 71.3 Å². The minimum Gasteiger partial charge on any atom is -0.469 e. The van der Waals surface area contributed by atoms with Crippen molar-refractivity contribution in [2.75, 3.05) is 38.6 Å². The van der Waals surface area contributed by atoms with Crippen molar-refractivity contribution in [1.82, 2.24) is 14.5 Å². The van der Waals surface area contributed by atoms with Gasteiger partial charge in [-0.3, -0.25) is 9.59 Å². The summed E-state index contributed by atoms with van der Waals surface area (Å²) in [4.78, 5) is 31.0. The molecule has 0 atom stereocenters. The van der Waals surface area contributed by atoms with Crippen LogP contribution in [0.1, 0.15) is 64.9 Å². The molecule has 1 aromatic heterocycles. The zero-order chi connectivity index (χ0) is 23.1. The molecule has 2 heterocycles. The number of esters is 1. The smallest absolute Gasteiger partial charge is 0.305 e. The van der Waals surface area contributed by atoms with E-state index in [1.807, 2.05) is 26.0 Å². The quantitative estimate of drug-likeness (QED) is 0.416. The van der Waals surface area contributed by atoms with Gasteiger partial charge in [0.05, 0.1) is 18.1 Å². The normalized spacial score (nSPS) is 15.1. The van der Waals surface area contributed by atoms with Crippen molar-refractivity contribution in [3.63, 3.8) is 0 Å². The summed E-state index contributed by atoms with van der Waals surface area (Å²) in [5.74, 6) is 0.772. The van der Waals surface area contributed by atoms with E-state index in [0.29, 0.717) is 19.4 Å². The van der Waals surface area contributed by atoms with E-state index in [4.69, 9.17) is 9.72 Å². The first-order valence-corrected chi connectivity index (χ1v) is 11.9. The van der Waals surface area contributed by atoms with Gasteiger partial charge in [0.2, 0.25) is 5.95 Å². The Kier molecular flexibility index (Phi) is 8.29. The third-order valence-electron chi connectivity index (χ3n) is 6.72. The number of rotatable bonds is 11. The molecule has 1 aliphatic rings. The van der Waals surface area contributed by atoms with E-state index in [1.54, 1.807) is 6.92 Å². The molecule has 7 heteroatoms. The highest BCUT2D eigenvalue weighted by Gasteiger charge is 2.27. The highest BCUT2D eigenvalue weighted by atomic mass is 16.5. The highest BCUT2D eigenvalue weighted by molar-refractivity contribution is 5.89. The summed E-state index contributed by atoms with van der Waals surface area (Å²) in [6, 6.07) is 6.14. The standard InChI is InChI=1S/C25H38N4O3/c1-19(30)25(2,3)20-11-12-21-22(18-20)29(17-9-16-28-14-6-5-7-15-28)24(27-21)26-13-8-10-23(31)32-4/h11-12,18H,5-10,13-17H2,1-4H3,(H,26,27). The largest absolute Gasteiger partial charge is 0.469 e. The van der Waals surface area contributed by atoms with Gasteiger partial charge in [-0.2, -0.15) is 0 Å². The van der Waals surface area contributed by atoms with Crippen molar-refractivity contribution in [3.8, 4) is 0 Å². The number of anilines is 1. The van der Waals surface area contributed by atoms with Crippen LogP contribution in [0.15, 0.2) is 18.2 Å². The topological polar surface area (TPSA) is 76.5 Å². The maximum absolute atomic E-state index is 12.2. The lowest BCUT2D eigenvalue weighted by Crippen LogP contribution is -2.31. The first-order chi connectivity index (χ1) is 15.3. The molecule has 1 aliphatic heterocycles. The van der Waals surface area contributed by atoms with Crippen molar-refractivity contribution in [3.05, 3.63) is 23.8 Å². The molecular formula is C25H38N4O3. The molecule has 7 nitrogen and oxygen atoms in total. The average molecular weight is 443 g/mol. The van der Waals surface area contributed by atoms with E-state index >= 15 is 0 Å². The summed E-state index contributed by atoms with van der Waals surface area (Å²) < 4.78 is 6.96. The number of benzene rings is 1. The number of aryl methyl sites for hydroxylation is 1. The van der Waals surface area contributed by atoms with Gasteiger partial charge in [0.25, 0.3) is 0 Å². The number of nitrogens with one attached hydrogen (secondary N) is 1. The molecule has 0 aliphatic carbocycles. The number of nitrogens with zero attached hydrogens (tertiary/aromatic N) is 3. The Balaban J connectivity index is 1.80. The summed E-state index contributed by atoms with van der Waals surface area (Å²) >= 11 is 0. The molecule has 176 valence electrons. The van der Waals surface area contributed by atoms with Crippen LogP contribution < -0.4 is 5.32 Å². The Morgan fingerprint density at radius 1 is 1.12 bits per heavy atom. The van der Waals surface area contributed by atoms with Gasteiger partial charge in [0.1, 0.15) is 5.78 Å². The van der Waals surface area contributed by atoms with Crippen LogP contribution in [0, 0.1) is 0 Å².